The molecule has 1 fully saturated rings. The highest BCUT2D eigenvalue weighted by molar-refractivity contribution is 5.66. The molecular weight excluding hydrogens is 201 g/mol. The van der Waals surface area contributed by atoms with E-state index < -0.39 is 0 Å². The quantitative estimate of drug-likeness (QED) is 0.768. The molecule has 1 aromatic carbocycles. The molecule has 84 valence electrons. The number of hydrogen-bond donors (Lipinski definition) is 1. The van der Waals surface area contributed by atoms with Gasteiger partial charge in [0.25, 0.3) is 0 Å². The maximum absolute atomic E-state index is 12.8. The molecule has 2 aliphatic carbocycles. The number of allylic oxidation sites excluding steroid dienone is 2. The average molecular weight is 217 g/mol. The van der Waals surface area contributed by atoms with E-state index in [1.54, 1.807) is 0 Å². The summed E-state index contributed by atoms with van der Waals surface area (Å²) in [5.74, 6) is -0.166. The Morgan fingerprint density at radius 3 is 2.44 bits per heavy atom. The Hall–Kier alpha value is -1.15. The van der Waals surface area contributed by atoms with E-state index in [-0.39, 0.29) is 5.82 Å². The number of rotatable bonds is 1. The van der Waals surface area contributed by atoms with Crippen LogP contribution in [0.15, 0.2) is 30.3 Å². The SMILES string of the molecule is NC1CC12CC=C(c1ccc(F)cc1)CC2. The van der Waals surface area contributed by atoms with E-state index in [0.717, 1.165) is 18.4 Å². The third kappa shape index (κ3) is 1.57. The van der Waals surface area contributed by atoms with Crippen molar-refractivity contribution in [2.45, 2.75) is 31.7 Å². The molecule has 2 heteroatoms. The van der Waals surface area contributed by atoms with Gasteiger partial charge in [-0.05, 0) is 54.4 Å². The van der Waals surface area contributed by atoms with Gasteiger partial charge >= 0.3 is 0 Å². The summed E-state index contributed by atoms with van der Waals surface area (Å²) in [6.07, 6.45) is 6.85. The van der Waals surface area contributed by atoms with E-state index >= 15 is 0 Å². The second kappa shape index (κ2) is 3.42. The number of nitrogens with two attached hydrogens (primary N) is 1. The van der Waals surface area contributed by atoms with E-state index in [9.17, 15) is 4.39 Å². The monoisotopic (exact) mass is 217 g/mol. The topological polar surface area (TPSA) is 26.0 Å². The predicted molar refractivity (Wildman–Crippen MR) is 63.3 cm³/mol. The summed E-state index contributed by atoms with van der Waals surface area (Å²) in [6.45, 7) is 0. The minimum atomic E-state index is -0.166. The van der Waals surface area contributed by atoms with Gasteiger partial charge in [0.2, 0.25) is 0 Å². The fourth-order valence-corrected chi connectivity index (χ4v) is 2.74. The number of benzene rings is 1. The lowest BCUT2D eigenvalue weighted by Gasteiger charge is -2.22. The van der Waals surface area contributed by atoms with Crippen molar-refractivity contribution < 1.29 is 4.39 Å². The summed E-state index contributed by atoms with van der Waals surface area (Å²) < 4.78 is 12.8. The van der Waals surface area contributed by atoms with Crippen LogP contribution in [0.5, 0.6) is 0 Å². The lowest BCUT2D eigenvalue weighted by atomic mass is 9.84. The summed E-state index contributed by atoms with van der Waals surface area (Å²) in [4.78, 5) is 0. The van der Waals surface area contributed by atoms with Crippen LogP contribution in [0.4, 0.5) is 4.39 Å². The van der Waals surface area contributed by atoms with Crippen LogP contribution >= 0.6 is 0 Å². The molecule has 2 N–H and O–H groups in total. The van der Waals surface area contributed by atoms with Crippen molar-refractivity contribution in [2.75, 3.05) is 0 Å². The zero-order valence-corrected chi connectivity index (χ0v) is 9.25. The Bertz CT molecular complexity index is 435. The van der Waals surface area contributed by atoms with Gasteiger partial charge < -0.3 is 5.73 Å². The van der Waals surface area contributed by atoms with Gasteiger partial charge in [-0.15, -0.1) is 0 Å². The third-order valence-corrected chi connectivity index (χ3v) is 4.12. The molecule has 16 heavy (non-hydrogen) atoms. The molecule has 3 rings (SSSR count). The fourth-order valence-electron chi connectivity index (χ4n) is 2.74. The molecule has 2 aliphatic rings. The molecule has 0 saturated heterocycles. The van der Waals surface area contributed by atoms with E-state index in [1.165, 1.54) is 30.5 Å². The van der Waals surface area contributed by atoms with Gasteiger partial charge in [0, 0.05) is 6.04 Å². The maximum atomic E-state index is 12.8. The first-order chi connectivity index (χ1) is 7.70. The molecule has 0 amide bonds. The molecule has 1 spiro atoms. The fraction of sp³-hybridized carbons (Fsp3) is 0.429. The van der Waals surface area contributed by atoms with Crippen LogP contribution in [0.1, 0.15) is 31.2 Å². The van der Waals surface area contributed by atoms with E-state index in [2.05, 4.69) is 6.08 Å². The minimum Gasteiger partial charge on any atom is -0.327 e. The molecule has 0 aliphatic heterocycles. The van der Waals surface area contributed by atoms with Crippen molar-refractivity contribution in [3.63, 3.8) is 0 Å². The first-order valence-electron chi connectivity index (χ1n) is 5.90. The predicted octanol–water partition coefficient (Wildman–Crippen LogP) is 3.11. The smallest absolute Gasteiger partial charge is 0.123 e. The summed E-state index contributed by atoms with van der Waals surface area (Å²) in [5.41, 5.74) is 8.89. The second-order valence-corrected chi connectivity index (χ2v) is 5.11. The summed E-state index contributed by atoms with van der Waals surface area (Å²) in [7, 11) is 0. The van der Waals surface area contributed by atoms with Crippen molar-refractivity contribution in [3.05, 3.63) is 41.7 Å². The maximum Gasteiger partial charge on any atom is 0.123 e. The molecular formula is C14H16FN. The first-order valence-corrected chi connectivity index (χ1v) is 5.90. The molecule has 2 unspecified atom stereocenters. The van der Waals surface area contributed by atoms with Crippen molar-refractivity contribution in [3.8, 4) is 0 Å². The molecule has 1 saturated carbocycles. The summed E-state index contributed by atoms with van der Waals surface area (Å²) >= 11 is 0. The van der Waals surface area contributed by atoms with Gasteiger partial charge in [0.05, 0.1) is 0 Å². The minimum absolute atomic E-state index is 0.166. The summed E-state index contributed by atoms with van der Waals surface area (Å²) in [5, 5.41) is 0. The Labute approximate surface area is 95.2 Å². The molecule has 0 heterocycles. The van der Waals surface area contributed by atoms with Gasteiger partial charge in [0.15, 0.2) is 0 Å². The lowest BCUT2D eigenvalue weighted by Crippen LogP contribution is -2.16. The standard InChI is InChI=1S/C14H16FN/c15-12-3-1-10(2-4-12)11-5-7-14(8-6-11)9-13(14)16/h1-5,13H,6-9,16H2. The normalized spacial score (nSPS) is 32.6. The van der Waals surface area contributed by atoms with Gasteiger partial charge in [-0.1, -0.05) is 18.2 Å². The molecule has 1 aromatic rings. The molecule has 0 aromatic heterocycles. The van der Waals surface area contributed by atoms with Crippen LogP contribution in [0.25, 0.3) is 5.57 Å². The molecule has 1 nitrogen and oxygen atoms in total. The summed E-state index contributed by atoms with van der Waals surface area (Å²) in [6, 6.07) is 7.21. The Balaban J connectivity index is 1.80. The second-order valence-electron chi connectivity index (χ2n) is 5.11. The zero-order valence-electron chi connectivity index (χ0n) is 9.25. The molecule has 0 radical (unpaired) electrons. The highest BCUT2D eigenvalue weighted by atomic mass is 19.1. The largest absolute Gasteiger partial charge is 0.327 e. The van der Waals surface area contributed by atoms with Crippen LogP contribution in [0.3, 0.4) is 0 Å². The number of halogens is 1. The third-order valence-electron chi connectivity index (χ3n) is 4.12. The van der Waals surface area contributed by atoms with Crippen LogP contribution in [-0.2, 0) is 0 Å². The van der Waals surface area contributed by atoms with Crippen LogP contribution < -0.4 is 5.73 Å². The highest BCUT2D eigenvalue weighted by Crippen LogP contribution is 2.55. The average Bonchev–Trinajstić information content (AvgIpc) is 2.91. The molecule has 0 bridgehead atoms. The first kappa shape index (κ1) is 10.0. The van der Waals surface area contributed by atoms with Gasteiger partial charge in [-0.3, -0.25) is 0 Å². The van der Waals surface area contributed by atoms with Crippen LogP contribution in [-0.4, -0.2) is 6.04 Å². The van der Waals surface area contributed by atoms with Gasteiger partial charge in [0.1, 0.15) is 5.82 Å². The van der Waals surface area contributed by atoms with Crippen molar-refractivity contribution in [1.82, 2.24) is 0 Å². The lowest BCUT2D eigenvalue weighted by molar-refractivity contribution is 0.447. The Morgan fingerprint density at radius 1 is 1.25 bits per heavy atom. The van der Waals surface area contributed by atoms with Gasteiger partial charge in [-0.25, -0.2) is 4.39 Å². The molecule has 2 atom stereocenters. The Kier molecular flexibility index (Phi) is 2.15. The number of hydrogen-bond acceptors (Lipinski definition) is 1. The Morgan fingerprint density at radius 2 is 1.94 bits per heavy atom. The van der Waals surface area contributed by atoms with E-state index in [1.807, 2.05) is 12.1 Å². The van der Waals surface area contributed by atoms with Crippen LogP contribution in [0.2, 0.25) is 0 Å². The van der Waals surface area contributed by atoms with E-state index in [0.29, 0.717) is 11.5 Å². The van der Waals surface area contributed by atoms with Crippen LogP contribution in [0, 0.1) is 11.2 Å². The van der Waals surface area contributed by atoms with E-state index in [4.69, 9.17) is 5.73 Å². The van der Waals surface area contributed by atoms with Gasteiger partial charge in [-0.2, -0.15) is 0 Å². The van der Waals surface area contributed by atoms with Crippen molar-refractivity contribution in [2.24, 2.45) is 11.1 Å². The highest BCUT2D eigenvalue weighted by Gasteiger charge is 2.51. The van der Waals surface area contributed by atoms with Crippen molar-refractivity contribution >= 4 is 5.57 Å². The zero-order chi connectivity index (χ0) is 11.2. The van der Waals surface area contributed by atoms with Crippen molar-refractivity contribution in [1.29, 1.82) is 0 Å².